The third-order valence-corrected chi connectivity index (χ3v) is 3.76. The molecule has 0 fully saturated rings. The van der Waals surface area contributed by atoms with Gasteiger partial charge in [0.25, 0.3) is 5.91 Å². The number of hydrogen-bond acceptors (Lipinski definition) is 2. The average molecular weight is 359 g/mol. The molecule has 0 unspecified atom stereocenters. The van der Waals surface area contributed by atoms with Gasteiger partial charge in [-0.2, -0.15) is 0 Å². The summed E-state index contributed by atoms with van der Waals surface area (Å²) in [5.74, 6) is 0.0867. The summed E-state index contributed by atoms with van der Waals surface area (Å²) in [6, 6.07) is 12.5. The molecule has 0 spiro atoms. The molecule has 0 aliphatic carbocycles. The number of carbonyl (C=O) groups is 1. The molecule has 3 nitrogen and oxygen atoms in total. The SMILES string of the molecule is O=C(COc1c(Cl)cccc1Cl)NCCc1ccc(Cl)cc1. The van der Waals surface area contributed by atoms with E-state index >= 15 is 0 Å². The van der Waals surface area contributed by atoms with Gasteiger partial charge in [-0.3, -0.25) is 4.79 Å². The molecule has 2 rings (SSSR count). The molecule has 0 atom stereocenters. The number of para-hydroxylation sites is 1. The van der Waals surface area contributed by atoms with Crippen molar-refractivity contribution in [2.75, 3.05) is 13.2 Å². The summed E-state index contributed by atoms with van der Waals surface area (Å²) in [6.07, 6.45) is 0.718. The normalized spacial score (nSPS) is 10.3. The molecule has 0 radical (unpaired) electrons. The maximum atomic E-state index is 11.7. The van der Waals surface area contributed by atoms with Crippen molar-refractivity contribution in [1.29, 1.82) is 0 Å². The number of carbonyl (C=O) groups excluding carboxylic acids is 1. The highest BCUT2D eigenvalue weighted by Gasteiger charge is 2.09. The Morgan fingerprint density at radius 3 is 2.27 bits per heavy atom. The Morgan fingerprint density at radius 2 is 1.64 bits per heavy atom. The van der Waals surface area contributed by atoms with Crippen LogP contribution in [0.15, 0.2) is 42.5 Å². The zero-order valence-electron chi connectivity index (χ0n) is 11.6. The van der Waals surface area contributed by atoms with E-state index in [1.54, 1.807) is 18.2 Å². The molecule has 0 bridgehead atoms. The van der Waals surface area contributed by atoms with E-state index in [0.717, 1.165) is 12.0 Å². The van der Waals surface area contributed by atoms with Crippen LogP contribution in [0.2, 0.25) is 15.1 Å². The van der Waals surface area contributed by atoms with E-state index in [0.29, 0.717) is 27.4 Å². The molecule has 2 aromatic rings. The highest BCUT2D eigenvalue weighted by molar-refractivity contribution is 6.37. The number of benzene rings is 2. The van der Waals surface area contributed by atoms with Crippen molar-refractivity contribution in [2.45, 2.75) is 6.42 Å². The third kappa shape index (κ3) is 5.09. The van der Waals surface area contributed by atoms with Gasteiger partial charge in [0.1, 0.15) is 0 Å². The summed E-state index contributed by atoms with van der Waals surface area (Å²) in [5.41, 5.74) is 1.10. The van der Waals surface area contributed by atoms with Crippen molar-refractivity contribution in [3.05, 3.63) is 63.1 Å². The lowest BCUT2D eigenvalue weighted by atomic mass is 10.1. The highest BCUT2D eigenvalue weighted by atomic mass is 35.5. The van der Waals surface area contributed by atoms with Gasteiger partial charge < -0.3 is 10.1 Å². The second-order valence-electron chi connectivity index (χ2n) is 4.57. The summed E-state index contributed by atoms with van der Waals surface area (Å²) in [6.45, 7) is 0.379. The molecule has 6 heteroatoms. The fourth-order valence-corrected chi connectivity index (χ4v) is 2.44. The Morgan fingerprint density at radius 1 is 1.00 bits per heavy atom. The number of ether oxygens (including phenoxy) is 1. The maximum Gasteiger partial charge on any atom is 0.257 e. The fraction of sp³-hybridized carbons (Fsp3) is 0.188. The number of amides is 1. The van der Waals surface area contributed by atoms with Crippen molar-refractivity contribution in [3.63, 3.8) is 0 Å². The molecule has 0 heterocycles. The Balaban J connectivity index is 1.75. The number of halogens is 3. The van der Waals surface area contributed by atoms with Crippen LogP contribution >= 0.6 is 34.8 Å². The minimum absolute atomic E-state index is 0.135. The van der Waals surface area contributed by atoms with Gasteiger partial charge in [-0.25, -0.2) is 0 Å². The second-order valence-corrected chi connectivity index (χ2v) is 5.82. The molecule has 22 heavy (non-hydrogen) atoms. The first-order valence-electron chi connectivity index (χ1n) is 6.64. The number of hydrogen-bond donors (Lipinski definition) is 1. The monoisotopic (exact) mass is 357 g/mol. The molecule has 0 aliphatic heterocycles. The van der Waals surface area contributed by atoms with Crippen molar-refractivity contribution in [2.24, 2.45) is 0 Å². The fourth-order valence-electron chi connectivity index (χ4n) is 1.81. The van der Waals surface area contributed by atoms with E-state index in [1.807, 2.05) is 24.3 Å². The lowest BCUT2D eigenvalue weighted by Crippen LogP contribution is -2.30. The van der Waals surface area contributed by atoms with E-state index < -0.39 is 0 Å². The quantitative estimate of drug-likeness (QED) is 0.832. The Bertz CT molecular complexity index is 624. The molecule has 0 aliphatic rings. The molecule has 1 amide bonds. The van der Waals surface area contributed by atoms with Crippen LogP contribution in [0.5, 0.6) is 5.75 Å². The van der Waals surface area contributed by atoms with Crippen molar-refractivity contribution >= 4 is 40.7 Å². The molecule has 0 saturated carbocycles. The first-order valence-corrected chi connectivity index (χ1v) is 7.77. The van der Waals surface area contributed by atoms with E-state index in [1.165, 1.54) is 0 Å². The zero-order valence-corrected chi connectivity index (χ0v) is 13.9. The predicted octanol–water partition coefficient (Wildman–Crippen LogP) is 4.38. The van der Waals surface area contributed by atoms with Crippen molar-refractivity contribution in [3.8, 4) is 5.75 Å². The molecular weight excluding hydrogens is 345 g/mol. The number of rotatable bonds is 6. The standard InChI is InChI=1S/C16H14Cl3NO2/c17-12-6-4-11(5-7-12)8-9-20-15(21)10-22-16-13(18)2-1-3-14(16)19/h1-7H,8-10H2,(H,20,21). The minimum atomic E-state index is -0.232. The Kier molecular flexibility index (Phi) is 6.37. The van der Waals surface area contributed by atoms with Gasteiger partial charge in [-0.05, 0) is 36.2 Å². The highest BCUT2D eigenvalue weighted by Crippen LogP contribution is 2.32. The minimum Gasteiger partial charge on any atom is -0.481 e. The summed E-state index contributed by atoms with van der Waals surface area (Å²) < 4.78 is 5.35. The van der Waals surface area contributed by atoms with E-state index in [-0.39, 0.29) is 12.5 Å². The van der Waals surface area contributed by atoms with Gasteiger partial charge in [0.15, 0.2) is 12.4 Å². The molecule has 116 valence electrons. The zero-order chi connectivity index (χ0) is 15.9. The van der Waals surface area contributed by atoms with Crippen molar-refractivity contribution in [1.82, 2.24) is 5.32 Å². The first kappa shape index (κ1) is 16.9. The second kappa shape index (κ2) is 8.28. The molecule has 0 aromatic heterocycles. The van der Waals surface area contributed by atoms with Gasteiger partial charge in [-0.15, -0.1) is 0 Å². The Hall–Kier alpha value is -1.42. The molecular formula is C16H14Cl3NO2. The largest absolute Gasteiger partial charge is 0.481 e. The van der Waals surface area contributed by atoms with Crippen LogP contribution in [0.4, 0.5) is 0 Å². The smallest absolute Gasteiger partial charge is 0.257 e. The summed E-state index contributed by atoms with van der Waals surface area (Å²) >= 11 is 17.7. The van der Waals surface area contributed by atoms with Gasteiger partial charge in [0, 0.05) is 11.6 Å². The lowest BCUT2D eigenvalue weighted by Gasteiger charge is -2.10. The van der Waals surface area contributed by atoms with Gasteiger partial charge >= 0.3 is 0 Å². The van der Waals surface area contributed by atoms with Crippen LogP contribution in [0.1, 0.15) is 5.56 Å². The van der Waals surface area contributed by atoms with Gasteiger partial charge in [0.05, 0.1) is 10.0 Å². The van der Waals surface area contributed by atoms with Crippen LogP contribution in [-0.4, -0.2) is 19.1 Å². The maximum absolute atomic E-state index is 11.7. The molecule has 0 saturated heterocycles. The van der Waals surface area contributed by atoms with Crippen LogP contribution < -0.4 is 10.1 Å². The topological polar surface area (TPSA) is 38.3 Å². The lowest BCUT2D eigenvalue weighted by molar-refractivity contribution is -0.123. The van der Waals surface area contributed by atoms with Gasteiger partial charge in [0.2, 0.25) is 0 Å². The van der Waals surface area contributed by atoms with Gasteiger partial charge in [-0.1, -0.05) is 53.0 Å². The number of nitrogens with one attached hydrogen (secondary N) is 1. The summed E-state index contributed by atoms with van der Waals surface area (Å²) in [4.78, 5) is 11.7. The predicted molar refractivity (Wildman–Crippen MR) is 90.1 cm³/mol. The van der Waals surface area contributed by atoms with E-state index in [2.05, 4.69) is 5.32 Å². The summed E-state index contributed by atoms with van der Waals surface area (Å²) in [5, 5.41) is 4.22. The molecule has 2 aromatic carbocycles. The van der Waals surface area contributed by atoms with E-state index in [9.17, 15) is 4.79 Å². The first-order chi connectivity index (χ1) is 10.6. The van der Waals surface area contributed by atoms with Crippen LogP contribution in [0.3, 0.4) is 0 Å². The van der Waals surface area contributed by atoms with Crippen LogP contribution in [0.25, 0.3) is 0 Å². The van der Waals surface area contributed by atoms with Crippen LogP contribution in [0, 0.1) is 0 Å². The summed E-state index contributed by atoms with van der Waals surface area (Å²) in [7, 11) is 0. The van der Waals surface area contributed by atoms with E-state index in [4.69, 9.17) is 39.5 Å². The third-order valence-electron chi connectivity index (χ3n) is 2.92. The average Bonchev–Trinajstić information content (AvgIpc) is 2.49. The Labute approximate surface area is 144 Å². The van der Waals surface area contributed by atoms with Crippen LogP contribution in [-0.2, 0) is 11.2 Å². The van der Waals surface area contributed by atoms with Crippen molar-refractivity contribution < 1.29 is 9.53 Å². The molecule has 1 N–H and O–H groups in total.